The van der Waals surface area contributed by atoms with Crippen LogP contribution in [0.1, 0.15) is 40.4 Å². The van der Waals surface area contributed by atoms with Gasteiger partial charge in [-0.15, -0.1) is 0 Å². The van der Waals surface area contributed by atoms with Gasteiger partial charge in [0.1, 0.15) is 11.9 Å². The van der Waals surface area contributed by atoms with Gasteiger partial charge < -0.3 is 15.7 Å². The Hall–Kier alpha value is -3.64. The Morgan fingerprint density at radius 3 is 2.28 bits per heavy atom. The first-order valence-electron chi connectivity index (χ1n) is 10.2. The molecule has 0 aliphatic carbocycles. The van der Waals surface area contributed by atoms with E-state index in [9.17, 15) is 14.7 Å². The highest BCUT2D eigenvalue weighted by Gasteiger charge is 2.42. The van der Waals surface area contributed by atoms with Crippen LogP contribution in [0.2, 0.25) is 5.02 Å². The van der Waals surface area contributed by atoms with Crippen molar-refractivity contribution in [1.29, 1.82) is 5.41 Å². The summed E-state index contributed by atoms with van der Waals surface area (Å²) in [6, 6.07) is 20.1. The monoisotopic (exact) mass is 447 g/mol. The Labute approximate surface area is 190 Å². The van der Waals surface area contributed by atoms with Crippen molar-refractivity contribution in [3.05, 3.63) is 94.5 Å². The first-order valence-corrected chi connectivity index (χ1v) is 10.6. The van der Waals surface area contributed by atoms with Crippen molar-refractivity contribution in [1.82, 2.24) is 4.90 Å². The second-order valence-electron chi connectivity index (χ2n) is 7.72. The molecule has 4 rings (SSSR count). The molecule has 4 N–H and O–H groups in total. The lowest BCUT2D eigenvalue weighted by Gasteiger charge is -2.29. The number of amidine groups is 1. The summed E-state index contributed by atoms with van der Waals surface area (Å²) in [6.07, 6.45) is 0.886. The Kier molecular flexibility index (Phi) is 5.97. The van der Waals surface area contributed by atoms with E-state index in [4.69, 9.17) is 22.7 Å². The molecule has 3 aromatic rings. The number of rotatable bonds is 5. The Morgan fingerprint density at radius 2 is 1.62 bits per heavy atom. The van der Waals surface area contributed by atoms with Crippen molar-refractivity contribution in [2.75, 3.05) is 0 Å². The maximum atomic E-state index is 13.4. The third kappa shape index (κ3) is 3.97. The van der Waals surface area contributed by atoms with Crippen LogP contribution in [0.5, 0.6) is 0 Å². The molecule has 162 valence electrons. The lowest BCUT2D eigenvalue weighted by molar-refractivity contribution is -0.141. The predicted octanol–water partition coefficient (Wildman–Crippen LogP) is 4.72. The molecule has 2 atom stereocenters. The number of hydrogen-bond acceptors (Lipinski definition) is 3. The molecule has 0 bridgehead atoms. The van der Waals surface area contributed by atoms with E-state index in [0.29, 0.717) is 29.0 Å². The van der Waals surface area contributed by atoms with E-state index in [-0.39, 0.29) is 11.7 Å². The third-order valence-electron chi connectivity index (χ3n) is 5.83. The van der Waals surface area contributed by atoms with Crippen LogP contribution in [0.3, 0.4) is 0 Å². The van der Waals surface area contributed by atoms with Gasteiger partial charge in [0.15, 0.2) is 0 Å². The highest BCUT2D eigenvalue weighted by molar-refractivity contribution is 6.31. The van der Waals surface area contributed by atoms with E-state index < -0.39 is 18.1 Å². The average molecular weight is 448 g/mol. The number of likely N-dealkylation sites (tertiary alicyclic amines) is 1. The molecule has 2 unspecified atom stereocenters. The van der Waals surface area contributed by atoms with Gasteiger partial charge in [-0.1, -0.05) is 66.2 Å². The summed E-state index contributed by atoms with van der Waals surface area (Å²) in [5.41, 5.74) is 9.04. The number of carbonyl (C=O) groups excluding carboxylic acids is 1. The smallest absolute Gasteiger partial charge is 0.326 e. The fourth-order valence-corrected chi connectivity index (χ4v) is 4.56. The first-order chi connectivity index (χ1) is 15.4. The molecule has 0 saturated carbocycles. The molecule has 1 saturated heterocycles. The molecule has 6 nitrogen and oxygen atoms in total. The topological polar surface area (TPSA) is 107 Å². The van der Waals surface area contributed by atoms with Crippen LogP contribution in [0.4, 0.5) is 0 Å². The summed E-state index contributed by atoms with van der Waals surface area (Å²) in [4.78, 5) is 26.8. The fraction of sp³-hybridized carbons (Fsp3) is 0.160. The summed E-state index contributed by atoms with van der Waals surface area (Å²) in [5, 5.41) is 18.0. The van der Waals surface area contributed by atoms with Crippen LogP contribution in [-0.4, -0.2) is 33.8 Å². The highest BCUT2D eigenvalue weighted by Crippen LogP contribution is 2.40. The van der Waals surface area contributed by atoms with Gasteiger partial charge in [0, 0.05) is 16.1 Å². The zero-order chi connectivity index (χ0) is 22.8. The lowest BCUT2D eigenvalue weighted by Crippen LogP contribution is -2.41. The summed E-state index contributed by atoms with van der Waals surface area (Å²) in [6.45, 7) is 0. The average Bonchev–Trinajstić information content (AvgIpc) is 3.24. The number of benzene rings is 3. The number of carbonyl (C=O) groups is 2. The normalized spacial score (nSPS) is 17.8. The van der Waals surface area contributed by atoms with Crippen LogP contribution in [0.25, 0.3) is 11.1 Å². The number of nitrogens with zero attached hydrogens (tertiary/aromatic N) is 1. The van der Waals surface area contributed by atoms with Crippen molar-refractivity contribution >= 4 is 29.3 Å². The maximum absolute atomic E-state index is 13.4. The zero-order valence-corrected chi connectivity index (χ0v) is 17.9. The van der Waals surface area contributed by atoms with Gasteiger partial charge in [-0.2, -0.15) is 0 Å². The highest BCUT2D eigenvalue weighted by atomic mass is 35.5. The number of hydrogen-bond donors (Lipinski definition) is 3. The molecule has 32 heavy (non-hydrogen) atoms. The molecule has 0 aromatic heterocycles. The molecule has 0 radical (unpaired) electrons. The number of nitrogens with one attached hydrogen (secondary N) is 1. The lowest BCUT2D eigenvalue weighted by atomic mass is 9.97. The predicted molar refractivity (Wildman–Crippen MR) is 124 cm³/mol. The Morgan fingerprint density at radius 1 is 0.969 bits per heavy atom. The summed E-state index contributed by atoms with van der Waals surface area (Å²) in [5.74, 6) is -1.42. The molecule has 3 aromatic carbocycles. The summed E-state index contributed by atoms with van der Waals surface area (Å²) in [7, 11) is 0. The number of halogens is 1. The van der Waals surface area contributed by atoms with Crippen molar-refractivity contribution in [3.8, 4) is 11.1 Å². The van der Waals surface area contributed by atoms with Gasteiger partial charge in [-0.05, 0) is 47.7 Å². The fourth-order valence-electron chi connectivity index (χ4n) is 4.30. The molecule has 1 aliphatic heterocycles. The number of nitrogen functional groups attached to an aromatic ring is 1. The standard InChI is InChI=1S/C25H22ClN3O3/c26-20-8-4-3-7-19(20)21-13-14-22(25(31)32)29(21)24(30)16-11-9-15(10-12-16)17-5-1-2-6-18(17)23(27)28/h1-12,21-22H,13-14H2,(H3,27,28)(H,31,32). The van der Waals surface area contributed by atoms with Crippen LogP contribution in [-0.2, 0) is 4.79 Å². The Bertz CT molecular complexity index is 1190. The van der Waals surface area contributed by atoms with Gasteiger partial charge in [0.05, 0.1) is 6.04 Å². The SMILES string of the molecule is N=C(N)c1ccccc1-c1ccc(C(=O)N2C(C(=O)O)CCC2c2ccccc2Cl)cc1. The van der Waals surface area contributed by atoms with Gasteiger partial charge in [0.2, 0.25) is 0 Å². The third-order valence-corrected chi connectivity index (χ3v) is 6.17. The number of carboxylic acid groups (broad SMARTS) is 1. The van der Waals surface area contributed by atoms with Crippen molar-refractivity contribution < 1.29 is 14.7 Å². The number of carboxylic acids is 1. The van der Waals surface area contributed by atoms with E-state index in [1.807, 2.05) is 30.3 Å². The molecule has 1 heterocycles. The van der Waals surface area contributed by atoms with E-state index in [1.165, 1.54) is 4.90 Å². The number of aliphatic carboxylic acids is 1. The molecule has 7 heteroatoms. The molecule has 1 amide bonds. The van der Waals surface area contributed by atoms with Gasteiger partial charge in [-0.25, -0.2) is 4.79 Å². The van der Waals surface area contributed by atoms with E-state index in [2.05, 4.69) is 0 Å². The summed E-state index contributed by atoms with van der Waals surface area (Å²) < 4.78 is 0. The van der Waals surface area contributed by atoms with E-state index in [0.717, 1.165) is 16.7 Å². The van der Waals surface area contributed by atoms with Gasteiger partial charge >= 0.3 is 5.97 Å². The molecule has 1 aliphatic rings. The number of nitrogens with two attached hydrogens (primary N) is 1. The molecule has 1 fully saturated rings. The van der Waals surface area contributed by atoms with Crippen molar-refractivity contribution in [3.63, 3.8) is 0 Å². The maximum Gasteiger partial charge on any atom is 0.326 e. The Balaban J connectivity index is 1.68. The molecular formula is C25H22ClN3O3. The second kappa shape index (κ2) is 8.85. The van der Waals surface area contributed by atoms with Crippen LogP contribution < -0.4 is 5.73 Å². The summed E-state index contributed by atoms with van der Waals surface area (Å²) >= 11 is 6.36. The van der Waals surface area contributed by atoms with Gasteiger partial charge in [0.25, 0.3) is 5.91 Å². The van der Waals surface area contributed by atoms with Crippen LogP contribution in [0.15, 0.2) is 72.8 Å². The minimum atomic E-state index is -1.03. The van der Waals surface area contributed by atoms with Gasteiger partial charge in [-0.3, -0.25) is 10.2 Å². The van der Waals surface area contributed by atoms with E-state index in [1.54, 1.807) is 42.5 Å². The molecule has 0 spiro atoms. The van der Waals surface area contributed by atoms with Crippen molar-refractivity contribution in [2.45, 2.75) is 24.9 Å². The second-order valence-corrected chi connectivity index (χ2v) is 8.12. The molecular weight excluding hydrogens is 426 g/mol. The number of amides is 1. The van der Waals surface area contributed by atoms with Crippen LogP contribution in [0, 0.1) is 5.41 Å². The quantitative estimate of drug-likeness (QED) is 0.388. The van der Waals surface area contributed by atoms with Crippen molar-refractivity contribution in [2.24, 2.45) is 5.73 Å². The van der Waals surface area contributed by atoms with Crippen LogP contribution >= 0.6 is 11.6 Å². The van der Waals surface area contributed by atoms with E-state index >= 15 is 0 Å². The minimum Gasteiger partial charge on any atom is -0.480 e. The first kappa shape index (κ1) is 21.6. The largest absolute Gasteiger partial charge is 0.480 e. The zero-order valence-electron chi connectivity index (χ0n) is 17.2. The minimum absolute atomic E-state index is 0.0373.